The van der Waals surface area contributed by atoms with E-state index in [0.717, 1.165) is 13.0 Å². The van der Waals surface area contributed by atoms with Crippen molar-refractivity contribution in [2.45, 2.75) is 32.4 Å². The van der Waals surface area contributed by atoms with Gasteiger partial charge in [-0.05, 0) is 13.3 Å². The predicted octanol–water partition coefficient (Wildman–Crippen LogP) is 0.520. The number of amides is 1. The normalized spacial score (nSPS) is 22.1. The highest BCUT2D eigenvalue weighted by Gasteiger charge is 2.30. The lowest BCUT2D eigenvalue weighted by atomic mass is 10.2. The lowest BCUT2D eigenvalue weighted by Gasteiger charge is -2.37. The van der Waals surface area contributed by atoms with Gasteiger partial charge in [0, 0.05) is 13.1 Å². The maximum Gasteiger partial charge on any atom is 0.274 e. The summed E-state index contributed by atoms with van der Waals surface area (Å²) in [7, 11) is 0. The Morgan fingerprint density at radius 3 is 3.10 bits per heavy atom. The second kappa shape index (κ2) is 7.33. The molecule has 21 heavy (non-hydrogen) atoms. The topological polar surface area (TPSA) is 87.6 Å². The first-order valence-electron chi connectivity index (χ1n) is 7.25. The zero-order valence-corrected chi connectivity index (χ0v) is 12.5. The number of morpholine rings is 1. The van der Waals surface area contributed by atoms with Crippen molar-refractivity contribution in [3.8, 4) is 0 Å². The Labute approximate surface area is 124 Å². The van der Waals surface area contributed by atoms with E-state index in [4.69, 9.17) is 4.74 Å². The summed E-state index contributed by atoms with van der Waals surface area (Å²) in [6, 6.07) is -0.0469. The second-order valence-corrected chi connectivity index (χ2v) is 5.16. The number of ether oxygens (including phenoxy) is 1. The number of rotatable bonds is 5. The van der Waals surface area contributed by atoms with Crippen LogP contribution in [0.4, 0.5) is 5.82 Å². The van der Waals surface area contributed by atoms with E-state index in [1.54, 1.807) is 11.1 Å². The highest BCUT2D eigenvalue weighted by Crippen LogP contribution is 2.15. The summed E-state index contributed by atoms with van der Waals surface area (Å²) >= 11 is 0. The Morgan fingerprint density at radius 1 is 1.57 bits per heavy atom. The molecule has 1 aromatic rings. The molecule has 0 aromatic carbocycles. The minimum absolute atomic E-state index is 0.0469. The first-order valence-corrected chi connectivity index (χ1v) is 7.25. The molecule has 2 N–H and O–H groups in total. The minimum atomic E-state index is -0.334. The van der Waals surface area contributed by atoms with E-state index in [0.29, 0.717) is 24.7 Å². The Balaban J connectivity index is 2.11. The molecule has 2 rings (SSSR count). The number of aliphatic hydroxyl groups excluding tert-OH is 1. The third kappa shape index (κ3) is 3.89. The fraction of sp³-hybridized carbons (Fsp3) is 0.643. The molecular weight excluding hydrogens is 272 g/mol. The number of aromatic nitrogens is 2. The number of nitrogens with zero attached hydrogens (tertiary/aromatic N) is 3. The van der Waals surface area contributed by atoms with Crippen LogP contribution in [0.5, 0.6) is 0 Å². The van der Waals surface area contributed by atoms with E-state index < -0.39 is 0 Å². The Hall–Kier alpha value is -1.73. The van der Waals surface area contributed by atoms with Gasteiger partial charge in [0.2, 0.25) is 0 Å². The second-order valence-electron chi connectivity index (χ2n) is 5.16. The van der Waals surface area contributed by atoms with Crippen LogP contribution < -0.4 is 5.32 Å². The van der Waals surface area contributed by atoms with Gasteiger partial charge in [-0.3, -0.25) is 9.78 Å². The van der Waals surface area contributed by atoms with Crippen LogP contribution in [-0.2, 0) is 4.74 Å². The maximum atomic E-state index is 12.6. The van der Waals surface area contributed by atoms with Crippen LogP contribution >= 0.6 is 0 Å². The molecule has 7 heteroatoms. The molecule has 0 spiro atoms. The fourth-order valence-electron chi connectivity index (χ4n) is 2.17. The van der Waals surface area contributed by atoms with Gasteiger partial charge in [0.1, 0.15) is 11.5 Å². The molecule has 7 nitrogen and oxygen atoms in total. The van der Waals surface area contributed by atoms with Crippen LogP contribution in [-0.4, -0.2) is 64.3 Å². The third-order valence-electron chi connectivity index (χ3n) is 3.38. The van der Waals surface area contributed by atoms with Gasteiger partial charge >= 0.3 is 0 Å². The number of anilines is 1. The standard InChI is InChI=1S/C14H22N4O3/c1-3-4-16-13-6-15-5-12(17-13)14(20)18-7-11(8-19)21-9-10(18)2/h5-6,10-11,19H,3-4,7-9H2,1-2H3,(H,16,17). The van der Waals surface area contributed by atoms with Gasteiger partial charge in [-0.15, -0.1) is 0 Å². The van der Waals surface area contributed by atoms with E-state index in [9.17, 15) is 9.90 Å². The monoisotopic (exact) mass is 294 g/mol. The van der Waals surface area contributed by atoms with E-state index in [1.165, 1.54) is 6.20 Å². The quantitative estimate of drug-likeness (QED) is 0.823. The number of aliphatic hydroxyl groups is 1. The molecule has 0 aliphatic carbocycles. The molecule has 1 fully saturated rings. The summed E-state index contributed by atoms with van der Waals surface area (Å²) < 4.78 is 5.44. The van der Waals surface area contributed by atoms with Gasteiger partial charge in [-0.25, -0.2) is 4.98 Å². The van der Waals surface area contributed by atoms with Crippen molar-refractivity contribution < 1.29 is 14.6 Å². The maximum absolute atomic E-state index is 12.6. The zero-order chi connectivity index (χ0) is 15.2. The van der Waals surface area contributed by atoms with E-state index in [-0.39, 0.29) is 24.7 Å². The van der Waals surface area contributed by atoms with Crippen molar-refractivity contribution in [3.05, 3.63) is 18.1 Å². The number of carbonyl (C=O) groups excluding carboxylic acids is 1. The number of hydrogen-bond donors (Lipinski definition) is 2. The van der Waals surface area contributed by atoms with Gasteiger partial charge < -0.3 is 20.1 Å². The predicted molar refractivity (Wildman–Crippen MR) is 78.1 cm³/mol. The molecule has 1 amide bonds. The molecule has 116 valence electrons. The summed E-state index contributed by atoms with van der Waals surface area (Å²) in [5.74, 6) is 0.416. The summed E-state index contributed by atoms with van der Waals surface area (Å²) in [4.78, 5) is 22.6. The van der Waals surface area contributed by atoms with Crippen LogP contribution in [0.25, 0.3) is 0 Å². The molecular formula is C14H22N4O3. The molecule has 1 aliphatic heterocycles. The minimum Gasteiger partial charge on any atom is -0.394 e. The molecule has 2 unspecified atom stereocenters. The zero-order valence-electron chi connectivity index (χ0n) is 12.5. The number of hydrogen-bond acceptors (Lipinski definition) is 6. The van der Waals surface area contributed by atoms with Crippen molar-refractivity contribution in [1.82, 2.24) is 14.9 Å². The molecule has 2 atom stereocenters. The fourth-order valence-corrected chi connectivity index (χ4v) is 2.17. The molecule has 1 saturated heterocycles. The lowest BCUT2D eigenvalue weighted by molar-refractivity contribution is -0.0668. The molecule has 0 radical (unpaired) electrons. The Bertz CT molecular complexity index is 483. The van der Waals surface area contributed by atoms with Crippen molar-refractivity contribution >= 4 is 11.7 Å². The summed E-state index contributed by atoms with van der Waals surface area (Å²) in [5.41, 5.74) is 0.307. The average Bonchev–Trinajstić information content (AvgIpc) is 2.53. The van der Waals surface area contributed by atoms with E-state index >= 15 is 0 Å². The molecule has 1 aliphatic rings. The van der Waals surface area contributed by atoms with Gasteiger partial charge in [-0.1, -0.05) is 6.92 Å². The lowest BCUT2D eigenvalue weighted by Crippen LogP contribution is -2.52. The van der Waals surface area contributed by atoms with Crippen LogP contribution in [0.2, 0.25) is 0 Å². The number of carbonyl (C=O) groups is 1. The molecule has 0 bridgehead atoms. The van der Waals surface area contributed by atoms with E-state index in [1.807, 2.05) is 6.92 Å². The SMILES string of the molecule is CCCNc1cncc(C(=O)N2CC(CO)OCC2C)n1. The Morgan fingerprint density at radius 2 is 2.38 bits per heavy atom. The van der Waals surface area contributed by atoms with Crippen molar-refractivity contribution in [2.75, 3.05) is 31.6 Å². The van der Waals surface area contributed by atoms with Crippen LogP contribution in [0.3, 0.4) is 0 Å². The van der Waals surface area contributed by atoms with Gasteiger partial charge in [0.15, 0.2) is 0 Å². The highest BCUT2D eigenvalue weighted by atomic mass is 16.5. The van der Waals surface area contributed by atoms with Gasteiger partial charge in [0.05, 0.1) is 37.8 Å². The summed E-state index contributed by atoms with van der Waals surface area (Å²) in [6.45, 7) is 5.44. The van der Waals surface area contributed by atoms with Crippen molar-refractivity contribution in [2.24, 2.45) is 0 Å². The van der Waals surface area contributed by atoms with Crippen LogP contribution in [0.1, 0.15) is 30.8 Å². The number of nitrogens with one attached hydrogen (secondary N) is 1. The first-order chi connectivity index (χ1) is 10.2. The highest BCUT2D eigenvalue weighted by molar-refractivity contribution is 5.92. The van der Waals surface area contributed by atoms with E-state index in [2.05, 4.69) is 22.2 Å². The van der Waals surface area contributed by atoms with Crippen LogP contribution in [0, 0.1) is 0 Å². The molecule has 0 saturated carbocycles. The Kier molecular flexibility index (Phi) is 5.46. The van der Waals surface area contributed by atoms with Crippen molar-refractivity contribution in [3.63, 3.8) is 0 Å². The average molecular weight is 294 g/mol. The molecule has 1 aromatic heterocycles. The van der Waals surface area contributed by atoms with Crippen molar-refractivity contribution in [1.29, 1.82) is 0 Å². The van der Waals surface area contributed by atoms with Crippen LogP contribution in [0.15, 0.2) is 12.4 Å². The summed E-state index contributed by atoms with van der Waals surface area (Å²) in [5, 5.41) is 12.3. The largest absolute Gasteiger partial charge is 0.394 e. The first kappa shape index (κ1) is 15.7. The smallest absolute Gasteiger partial charge is 0.274 e. The third-order valence-corrected chi connectivity index (χ3v) is 3.38. The van der Waals surface area contributed by atoms with Gasteiger partial charge in [-0.2, -0.15) is 0 Å². The van der Waals surface area contributed by atoms with Gasteiger partial charge in [0.25, 0.3) is 5.91 Å². The molecule has 2 heterocycles. The summed E-state index contributed by atoms with van der Waals surface area (Å²) in [6.07, 6.45) is 3.71.